The zero-order valence-corrected chi connectivity index (χ0v) is 14.6. The van der Waals surface area contributed by atoms with E-state index in [1.807, 2.05) is 12.1 Å². The van der Waals surface area contributed by atoms with Gasteiger partial charge in [-0.05, 0) is 43.5 Å². The molecule has 0 aromatic heterocycles. The maximum atomic E-state index is 5.96. The van der Waals surface area contributed by atoms with E-state index in [0.29, 0.717) is 6.04 Å². The molecule has 0 saturated heterocycles. The van der Waals surface area contributed by atoms with Crippen LogP contribution in [0.3, 0.4) is 0 Å². The van der Waals surface area contributed by atoms with Crippen molar-refractivity contribution < 1.29 is 0 Å². The fourth-order valence-corrected chi connectivity index (χ4v) is 2.83. The number of rotatable bonds is 12. The van der Waals surface area contributed by atoms with E-state index < -0.39 is 0 Å². The van der Waals surface area contributed by atoms with Crippen molar-refractivity contribution in [3.8, 4) is 0 Å². The van der Waals surface area contributed by atoms with Gasteiger partial charge in [-0.1, -0.05) is 76.1 Å². The Morgan fingerprint density at radius 2 is 1.57 bits per heavy atom. The maximum absolute atomic E-state index is 5.96. The number of unbranched alkanes of at least 4 members (excludes halogenated alkanes) is 5. The van der Waals surface area contributed by atoms with Gasteiger partial charge < -0.3 is 5.32 Å². The lowest BCUT2D eigenvalue weighted by molar-refractivity contribution is 0.450. The summed E-state index contributed by atoms with van der Waals surface area (Å²) in [7, 11) is 0. The molecule has 21 heavy (non-hydrogen) atoms. The topological polar surface area (TPSA) is 12.0 Å². The summed E-state index contributed by atoms with van der Waals surface area (Å²) >= 11 is 5.96. The van der Waals surface area contributed by atoms with Gasteiger partial charge in [0.25, 0.3) is 0 Å². The van der Waals surface area contributed by atoms with Crippen molar-refractivity contribution in [2.75, 3.05) is 6.54 Å². The van der Waals surface area contributed by atoms with E-state index in [1.54, 1.807) is 0 Å². The van der Waals surface area contributed by atoms with Crippen molar-refractivity contribution in [3.05, 3.63) is 34.9 Å². The highest BCUT2D eigenvalue weighted by Crippen LogP contribution is 2.14. The molecule has 1 atom stereocenters. The number of hydrogen-bond acceptors (Lipinski definition) is 1. The SMILES string of the molecule is CCCCCCCCC(Cc1ccc(Cl)cc1)NCCC. The monoisotopic (exact) mass is 309 g/mol. The molecule has 0 saturated carbocycles. The van der Waals surface area contributed by atoms with Crippen molar-refractivity contribution in [2.24, 2.45) is 0 Å². The highest BCUT2D eigenvalue weighted by atomic mass is 35.5. The number of hydrogen-bond donors (Lipinski definition) is 1. The highest BCUT2D eigenvalue weighted by molar-refractivity contribution is 6.30. The minimum absolute atomic E-state index is 0.609. The summed E-state index contributed by atoms with van der Waals surface area (Å²) in [5.74, 6) is 0. The van der Waals surface area contributed by atoms with Crippen LogP contribution < -0.4 is 5.32 Å². The number of nitrogens with one attached hydrogen (secondary N) is 1. The zero-order valence-electron chi connectivity index (χ0n) is 13.8. The first-order valence-electron chi connectivity index (χ1n) is 8.74. The molecule has 0 fully saturated rings. The Labute approximate surface area is 136 Å². The Morgan fingerprint density at radius 1 is 0.905 bits per heavy atom. The fourth-order valence-electron chi connectivity index (χ4n) is 2.70. The Morgan fingerprint density at radius 3 is 2.24 bits per heavy atom. The van der Waals surface area contributed by atoms with Gasteiger partial charge in [-0.25, -0.2) is 0 Å². The molecule has 0 spiro atoms. The molecule has 0 amide bonds. The van der Waals surface area contributed by atoms with Crippen molar-refractivity contribution in [1.82, 2.24) is 5.32 Å². The zero-order chi connectivity index (χ0) is 15.3. The molecule has 0 radical (unpaired) electrons. The summed E-state index contributed by atoms with van der Waals surface area (Å²) in [6, 6.07) is 8.92. The molecule has 120 valence electrons. The second kappa shape index (κ2) is 12.1. The molecule has 1 aromatic carbocycles. The average Bonchev–Trinajstić information content (AvgIpc) is 2.50. The van der Waals surface area contributed by atoms with Crippen LogP contribution in [0.5, 0.6) is 0 Å². The normalized spacial score (nSPS) is 12.5. The van der Waals surface area contributed by atoms with Crippen molar-refractivity contribution in [3.63, 3.8) is 0 Å². The van der Waals surface area contributed by atoms with Crippen molar-refractivity contribution in [1.29, 1.82) is 0 Å². The van der Waals surface area contributed by atoms with E-state index in [0.717, 1.165) is 18.0 Å². The van der Waals surface area contributed by atoms with E-state index in [2.05, 4.69) is 31.3 Å². The van der Waals surface area contributed by atoms with Gasteiger partial charge in [0, 0.05) is 11.1 Å². The Hall–Kier alpha value is -0.530. The summed E-state index contributed by atoms with van der Waals surface area (Å²) in [6.07, 6.45) is 11.9. The summed E-state index contributed by atoms with van der Waals surface area (Å²) in [6.45, 7) is 5.63. The summed E-state index contributed by atoms with van der Waals surface area (Å²) in [5.41, 5.74) is 1.39. The first-order chi connectivity index (χ1) is 10.3. The molecule has 1 unspecified atom stereocenters. The molecular formula is C19H32ClN. The van der Waals surface area contributed by atoms with Crippen LogP contribution in [0, 0.1) is 0 Å². The molecule has 1 rings (SSSR count). The van der Waals surface area contributed by atoms with Crippen LogP contribution in [0.25, 0.3) is 0 Å². The van der Waals surface area contributed by atoms with Crippen LogP contribution >= 0.6 is 11.6 Å². The molecule has 0 bridgehead atoms. The number of benzene rings is 1. The summed E-state index contributed by atoms with van der Waals surface area (Å²) in [5, 5.41) is 4.53. The predicted molar refractivity (Wildman–Crippen MR) is 95.2 cm³/mol. The van der Waals surface area contributed by atoms with E-state index in [9.17, 15) is 0 Å². The number of halogens is 1. The molecule has 0 aliphatic carbocycles. The third-order valence-electron chi connectivity index (χ3n) is 3.98. The van der Waals surface area contributed by atoms with Crippen LogP contribution in [0.2, 0.25) is 5.02 Å². The molecule has 1 nitrogen and oxygen atoms in total. The third kappa shape index (κ3) is 9.16. The van der Waals surface area contributed by atoms with E-state index >= 15 is 0 Å². The van der Waals surface area contributed by atoms with Gasteiger partial charge in [-0.15, -0.1) is 0 Å². The van der Waals surface area contributed by atoms with Crippen LogP contribution in [-0.2, 0) is 6.42 Å². The third-order valence-corrected chi connectivity index (χ3v) is 4.24. The molecule has 0 aliphatic heterocycles. The van der Waals surface area contributed by atoms with Crippen LogP contribution in [-0.4, -0.2) is 12.6 Å². The second-order valence-electron chi connectivity index (χ2n) is 6.04. The maximum Gasteiger partial charge on any atom is 0.0406 e. The van der Waals surface area contributed by atoms with Crippen LogP contribution in [0.1, 0.15) is 70.8 Å². The van der Waals surface area contributed by atoms with Crippen molar-refractivity contribution >= 4 is 11.6 Å². The fraction of sp³-hybridized carbons (Fsp3) is 0.684. The van der Waals surface area contributed by atoms with E-state index in [1.165, 1.54) is 56.9 Å². The van der Waals surface area contributed by atoms with E-state index in [4.69, 9.17) is 11.6 Å². The summed E-state index contributed by atoms with van der Waals surface area (Å²) in [4.78, 5) is 0. The average molecular weight is 310 g/mol. The molecule has 2 heteroatoms. The molecular weight excluding hydrogens is 278 g/mol. The first-order valence-corrected chi connectivity index (χ1v) is 9.11. The molecule has 1 aromatic rings. The molecule has 0 aliphatic rings. The van der Waals surface area contributed by atoms with Gasteiger partial charge in [0.05, 0.1) is 0 Å². The van der Waals surface area contributed by atoms with E-state index in [-0.39, 0.29) is 0 Å². The predicted octanol–water partition coefficient (Wildman–Crippen LogP) is 6.00. The lowest BCUT2D eigenvalue weighted by Crippen LogP contribution is -2.31. The van der Waals surface area contributed by atoms with Gasteiger partial charge >= 0.3 is 0 Å². The smallest absolute Gasteiger partial charge is 0.0406 e. The minimum atomic E-state index is 0.609. The lowest BCUT2D eigenvalue weighted by atomic mass is 9.99. The van der Waals surface area contributed by atoms with Gasteiger partial charge in [0.1, 0.15) is 0 Å². The van der Waals surface area contributed by atoms with Crippen molar-refractivity contribution in [2.45, 2.75) is 77.7 Å². The Kier molecular flexibility index (Phi) is 10.6. The van der Waals surface area contributed by atoms with Gasteiger partial charge in [-0.3, -0.25) is 0 Å². The van der Waals surface area contributed by atoms with Crippen LogP contribution in [0.15, 0.2) is 24.3 Å². The van der Waals surface area contributed by atoms with Crippen LogP contribution in [0.4, 0.5) is 0 Å². The van der Waals surface area contributed by atoms with Gasteiger partial charge in [0.2, 0.25) is 0 Å². The first kappa shape index (κ1) is 18.5. The molecule has 0 heterocycles. The Balaban J connectivity index is 2.31. The largest absolute Gasteiger partial charge is 0.314 e. The minimum Gasteiger partial charge on any atom is -0.314 e. The molecule has 1 N–H and O–H groups in total. The lowest BCUT2D eigenvalue weighted by Gasteiger charge is -2.18. The highest BCUT2D eigenvalue weighted by Gasteiger charge is 2.08. The quantitative estimate of drug-likeness (QED) is 0.467. The standard InChI is InChI=1S/C19H32ClN/c1-3-5-6-7-8-9-10-19(21-15-4-2)16-17-11-13-18(20)14-12-17/h11-14,19,21H,3-10,15-16H2,1-2H3. The van der Waals surface area contributed by atoms with Gasteiger partial charge in [-0.2, -0.15) is 0 Å². The second-order valence-corrected chi connectivity index (χ2v) is 6.47. The van der Waals surface area contributed by atoms with Gasteiger partial charge in [0.15, 0.2) is 0 Å². The Bertz CT molecular complexity index is 347. The summed E-state index contributed by atoms with van der Waals surface area (Å²) < 4.78 is 0.